The molecule has 1 spiro atoms. The number of nitrogens with zero attached hydrogens (tertiary/aromatic N) is 4. The minimum absolute atomic E-state index is 0.257. The number of aromatic nitrogens is 3. The predicted octanol–water partition coefficient (Wildman–Crippen LogP) is 4.44. The van der Waals surface area contributed by atoms with Gasteiger partial charge in [0.25, 0.3) is 0 Å². The first-order chi connectivity index (χ1) is 15.1. The molecule has 160 valence electrons. The number of anilines is 1. The molecule has 0 atom stereocenters. The minimum atomic E-state index is -0.271. The van der Waals surface area contributed by atoms with E-state index in [1.165, 1.54) is 0 Å². The second-order valence-electron chi connectivity index (χ2n) is 8.60. The van der Waals surface area contributed by atoms with Crippen LogP contribution in [0.5, 0.6) is 0 Å². The summed E-state index contributed by atoms with van der Waals surface area (Å²) in [5, 5.41) is 3.74. The summed E-state index contributed by atoms with van der Waals surface area (Å²) < 4.78 is 7.75. The maximum absolute atomic E-state index is 12.6. The van der Waals surface area contributed by atoms with Crippen LogP contribution >= 0.6 is 0 Å². The zero-order valence-electron chi connectivity index (χ0n) is 17.9. The number of carbonyl (C=O) groups is 1. The first-order valence-corrected chi connectivity index (χ1v) is 10.8. The Kier molecular flexibility index (Phi) is 4.88. The van der Waals surface area contributed by atoms with Crippen LogP contribution in [0.15, 0.2) is 54.9 Å². The first-order valence-electron chi connectivity index (χ1n) is 10.8. The van der Waals surface area contributed by atoms with Crippen molar-refractivity contribution in [3.05, 3.63) is 71.9 Å². The Labute approximate surface area is 182 Å². The molecule has 0 aliphatic carbocycles. The van der Waals surface area contributed by atoms with Crippen molar-refractivity contribution in [1.29, 1.82) is 0 Å². The third kappa shape index (κ3) is 3.44. The number of piperidine rings is 1. The van der Waals surface area contributed by atoms with Gasteiger partial charge in [0.2, 0.25) is 0 Å². The Balaban J connectivity index is 1.35. The third-order valence-electron chi connectivity index (χ3n) is 6.25. The quantitative estimate of drug-likeness (QED) is 0.682. The van der Waals surface area contributed by atoms with Crippen LogP contribution in [-0.4, -0.2) is 38.6 Å². The number of hydrogen-bond donors (Lipinski definition) is 1. The van der Waals surface area contributed by atoms with Crippen molar-refractivity contribution in [2.45, 2.75) is 44.8 Å². The van der Waals surface area contributed by atoms with Crippen molar-refractivity contribution in [3.63, 3.8) is 0 Å². The van der Waals surface area contributed by atoms with Crippen molar-refractivity contribution in [2.75, 3.05) is 18.4 Å². The summed E-state index contributed by atoms with van der Waals surface area (Å²) >= 11 is 0. The fraction of sp³-hybridized carbons (Fsp3) is 0.375. The first kappa shape index (κ1) is 19.6. The van der Waals surface area contributed by atoms with Crippen molar-refractivity contribution >= 4 is 11.8 Å². The van der Waals surface area contributed by atoms with Gasteiger partial charge < -0.3 is 15.0 Å². The number of ether oxygens (including phenoxy) is 1. The molecule has 2 aliphatic rings. The van der Waals surface area contributed by atoms with Crippen LogP contribution in [0, 0.1) is 0 Å². The van der Waals surface area contributed by atoms with E-state index < -0.39 is 0 Å². The predicted molar refractivity (Wildman–Crippen MR) is 118 cm³/mol. The van der Waals surface area contributed by atoms with Gasteiger partial charge in [0.15, 0.2) is 5.82 Å². The molecule has 31 heavy (non-hydrogen) atoms. The normalized spacial score (nSPS) is 16.5. The van der Waals surface area contributed by atoms with Crippen LogP contribution in [0.1, 0.15) is 49.7 Å². The van der Waals surface area contributed by atoms with E-state index in [9.17, 15) is 4.79 Å². The van der Waals surface area contributed by atoms with Gasteiger partial charge in [-0.15, -0.1) is 0 Å². The van der Waals surface area contributed by atoms with Crippen LogP contribution in [0.3, 0.4) is 0 Å². The topological polar surface area (TPSA) is 72.3 Å². The Morgan fingerprint density at radius 3 is 2.65 bits per heavy atom. The lowest BCUT2D eigenvalue weighted by molar-refractivity contribution is 0.0793. The van der Waals surface area contributed by atoms with Gasteiger partial charge >= 0.3 is 6.09 Å². The second-order valence-corrected chi connectivity index (χ2v) is 8.60. The fourth-order valence-electron chi connectivity index (χ4n) is 4.59. The molecule has 2 aromatic heterocycles. The van der Waals surface area contributed by atoms with Crippen LogP contribution in [0.25, 0.3) is 5.82 Å². The second kappa shape index (κ2) is 7.72. The van der Waals surface area contributed by atoms with E-state index in [0.29, 0.717) is 19.7 Å². The number of fused-ring (bicyclic) bond motifs is 4. The van der Waals surface area contributed by atoms with Crippen molar-refractivity contribution in [1.82, 2.24) is 19.4 Å². The summed E-state index contributed by atoms with van der Waals surface area (Å²) in [6.07, 6.45) is 5.10. The molecular weight excluding hydrogens is 390 g/mol. The lowest BCUT2D eigenvalue weighted by atomic mass is 9.83. The molecule has 1 N–H and O–H groups in total. The van der Waals surface area contributed by atoms with Gasteiger partial charge in [-0.3, -0.25) is 4.57 Å². The Bertz CT molecular complexity index is 1080. The van der Waals surface area contributed by atoms with E-state index in [-0.39, 0.29) is 17.6 Å². The molecule has 1 saturated heterocycles. The maximum atomic E-state index is 12.6. The molecule has 2 aliphatic heterocycles. The summed E-state index contributed by atoms with van der Waals surface area (Å²) in [7, 11) is 0. The minimum Gasteiger partial charge on any atom is -0.445 e. The van der Waals surface area contributed by atoms with Gasteiger partial charge in [-0.1, -0.05) is 44.2 Å². The van der Waals surface area contributed by atoms with Crippen LogP contribution in [-0.2, 0) is 16.9 Å². The Hall–Kier alpha value is -3.35. The summed E-state index contributed by atoms with van der Waals surface area (Å²) in [6.45, 7) is 5.84. The van der Waals surface area contributed by atoms with Gasteiger partial charge in [0.05, 0.1) is 23.1 Å². The SMILES string of the molecule is CC(C)c1ncc2n1-c1ncccc1NC21CCN(C(=O)OCc2ccccc2)CC1. The Morgan fingerprint density at radius 2 is 1.90 bits per heavy atom. The number of pyridine rings is 1. The highest BCUT2D eigenvalue weighted by molar-refractivity contribution is 5.68. The van der Waals surface area contributed by atoms with E-state index in [2.05, 4.69) is 34.8 Å². The van der Waals surface area contributed by atoms with Gasteiger partial charge in [0.1, 0.15) is 12.4 Å². The number of benzene rings is 1. The number of hydrogen-bond acceptors (Lipinski definition) is 5. The summed E-state index contributed by atoms with van der Waals surface area (Å²) in [5.41, 5.74) is 2.86. The van der Waals surface area contributed by atoms with Gasteiger partial charge in [-0.2, -0.15) is 0 Å². The van der Waals surface area contributed by atoms with Crippen molar-refractivity contribution in [3.8, 4) is 5.82 Å². The molecule has 4 heterocycles. The maximum Gasteiger partial charge on any atom is 0.410 e. The summed E-state index contributed by atoms with van der Waals surface area (Å²) in [5.74, 6) is 2.20. The van der Waals surface area contributed by atoms with Crippen LogP contribution in [0.2, 0.25) is 0 Å². The number of rotatable bonds is 3. The lowest BCUT2D eigenvalue weighted by Crippen LogP contribution is -2.51. The largest absolute Gasteiger partial charge is 0.445 e. The van der Waals surface area contributed by atoms with Gasteiger partial charge in [0, 0.05) is 25.2 Å². The molecule has 1 amide bonds. The van der Waals surface area contributed by atoms with E-state index in [1.807, 2.05) is 48.8 Å². The molecule has 0 radical (unpaired) electrons. The van der Waals surface area contributed by atoms with Crippen LogP contribution in [0.4, 0.5) is 10.5 Å². The zero-order valence-corrected chi connectivity index (χ0v) is 17.9. The fourth-order valence-corrected chi connectivity index (χ4v) is 4.59. The molecule has 7 heteroatoms. The third-order valence-corrected chi connectivity index (χ3v) is 6.25. The summed E-state index contributed by atoms with van der Waals surface area (Å²) in [4.78, 5) is 23.8. The number of imidazole rings is 1. The standard InChI is InChI=1S/C24H27N5O2/c1-17(2)21-26-15-20-24(27-19-9-6-12-25-22(19)29(20)21)10-13-28(14-11-24)23(30)31-16-18-7-4-3-5-8-18/h3-9,12,15,17,27H,10-11,13-14,16H2,1-2H3. The Morgan fingerprint density at radius 1 is 1.13 bits per heavy atom. The molecule has 0 bridgehead atoms. The average molecular weight is 418 g/mol. The average Bonchev–Trinajstić information content (AvgIpc) is 3.26. The van der Waals surface area contributed by atoms with Gasteiger partial charge in [-0.25, -0.2) is 14.8 Å². The van der Waals surface area contributed by atoms with E-state index in [0.717, 1.165) is 41.4 Å². The molecule has 1 aromatic carbocycles. The van der Waals surface area contributed by atoms with E-state index >= 15 is 0 Å². The van der Waals surface area contributed by atoms with E-state index in [1.54, 1.807) is 4.90 Å². The highest BCUT2D eigenvalue weighted by atomic mass is 16.6. The molecule has 1 fully saturated rings. The molecular formula is C24H27N5O2. The molecule has 0 saturated carbocycles. The molecule has 3 aromatic rings. The van der Waals surface area contributed by atoms with E-state index in [4.69, 9.17) is 9.72 Å². The van der Waals surface area contributed by atoms with Crippen molar-refractivity contribution < 1.29 is 9.53 Å². The number of carbonyl (C=O) groups excluding carboxylic acids is 1. The lowest BCUT2D eigenvalue weighted by Gasteiger charge is -2.45. The van der Waals surface area contributed by atoms with Gasteiger partial charge in [-0.05, 0) is 30.5 Å². The molecule has 0 unspecified atom stereocenters. The molecule has 7 nitrogen and oxygen atoms in total. The van der Waals surface area contributed by atoms with Crippen LogP contribution < -0.4 is 5.32 Å². The number of amides is 1. The molecule has 5 rings (SSSR count). The van der Waals surface area contributed by atoms with Crippen molar-refractivity contribution in [2.24, 2.45) is 0 Å². The number of nitrogens with one attached hydrogen (secondary N) is 1. The highest BCUT2D eigenvalue weighted by Gasteiger charge is 2.44. The summed E-state index contributed by atoms with van der Waals surface area (Å²) in [6, 6.07) is 13.8. The monoisotopic (exact) mass is 417 g/mol. The number of likely N-dealkylation sites (tertiary alicyclic amines) is 1. The smallest absolute Gasteiger partial charge is 0.410 e. The zero-order chi connectivity index (χ0) is 21.4. The highest BCUT2D eigenvalue weighted by Crippen LogP contribution is 2.43.